The first-order chi connectivity index (χ1) is 16.4. The molecular weight excluding hydrogens is 472 g/mol. The summed E-state index contributed by atoms with van der Waals surface area (Å²) in [4.78, 5) is 0. The van der Waals surface area contributed by atoms with E-state index >= 15 is 0 Å². The van der Waals surface area contributed by atoms with Crippen LogP contribution in [-0.2, 0) is 0 Å². The molecule has 0 heterocycles. The zero-order valence-corrected chi connectivity index (χ0v) is 24.0. The first kappa shape index (κ1) is 28.0. The Kier molecular flexibility index (Phi) is 5.31. The molecule has 5 aliphatic carbocycles. The summed E-state index contributed by atoms with van der Waals surface area (Å²) < 4.78 is 0. The standard InChI is InChI=1S/C30H50O7/c1-21(2)11-12-23(5)13-14-24(6)18(19(23)17-21)9-10-20-25(24,7)15-16-27(31)22(3,4)28(32,33)30(36,37)29(34,35)26(20,27)8/h9,19-20,31-37H,10-17H2,1-8H3/t19-,20-,23+,24+,25+,26+,27+/m0/s1. The lowest BCUT2D eigenvalue weighted by molar-refractivity contribution is -0.558. The maximum absolute atomic E-state index is 12.3. The van der Waals surface area contributed by atoms with E-state index in [4.69, 9.17) is 0 Å². The minimum Gasteiger partial charge on any atom is -0.388 e. The zero-order valence-electron chi connectivity index (χ0n) is 24.0. The zero-order chi connectivity index (χ0) is 28.1. The summed E-state index contributed by atoms with van der Waals surface area (Å²) in [6.07, 6.45) is 8.82. The van der Waals surface area contributed by atoms with Crippen molar-refractivity contribution < 1.29 is 35.7 Å². The third-order valence-corrected chi connectivity index (χ3v) is 13.9. The smallest absolute Gasteiger partial charge is 0.275 e. The van der Waals surface area contributed by atoms with E-state index in [1.165, 1.54) is 39.2 Å². The number of fused-ring (bicyclic) bond motifs is 7. The van der Waals surface area contributed by atoms with E-state index in [1.807, 2.05) is 0 Å². The van der Waals surface area contributed by atoms with Crippen LogP contribution in [0.5, 0.6) is 0 Å². The highest BCUT2D eigenvalue weighted by atomic mass is 16.7. The normalized spacial score (nSPS) is 52.6. The van der Waals surface area contributed by atoms with Crippen LogP contribution >= 0.6 is 0 Å². The van der Waals surface area contributed by atoms with Gasteiger partial charge in [0.15, 0.2) is 0 Å². The van der Waals surface area contributed by atoms with Gasteiger partial charge in [-0.15, -0.1) is 0 Å². The Morgan fingerprint density at radius 1 is 0.649 bits per heavy atom. The molecule has 0 unspecified atom stereocenters. The summed E-state index contributed by atoms with van der Waals surface area (Å²) >= 11 is 0. The third kappa shape index (κ3) is 2.69. The molecule has 7 nitrogen and oxygen atoms in total. The van der Waals surface area contributed by atoms with Crippen molar-refractivity contribution in [1.82, 2.24) is 0 Å². The molecule has 0 aliphatic heterocycles. The van der Waals surface area contributed by atoms with E-state index < -0.39 is 45.1 Å². The van der Waals surface area contributed by atoms with Crippen LogP contribution < -0.4 is 0 Å². The van der Waals surface area contributed by atoms with E-state index in [0.29, 0.717) is 18.8 Å². The molecule has 212 valence electrons. The van der Waals surface area contributed by atoms with E-state index in [1.54, 1.807) is 0 Å². The van der Waals surface area contributed by atoms with Gasteiger partial charge in [0.2, 0.25) is 11.6 Å². The Labute approximate surface area is 221 Å². The second-order valence-electron chi connectivity index (χ2n) is 16.0. The SMILES string of the molecule is CC1(C)CC[C@]2(C)CC[C@]3(C)C(=CC[C@@H]4[C@@]5(C)C(O)(O)C(O)(O)C(O)(O)C(C)(C)[C@]5(O)CC[C@]43C)[C@@H]2C1. The monoisotopic (exact) mass is 522 g/mol. The lowest BCUT2D eigenvalue weighted by Gasteiger charge is -2.77. The molecule has 0 amide bonds. The molecule has 0 aromatic carbocycles. The topological polar surface area (TPSA) is 142 Å². The average molecular weight is 523 g/mol. The van der Waals surface area contributed by atoms with Gasteiger partial charge in [0.05, 0.1) is 16.4 Å². The highest BCUT2D eigenvalue weighted by Gasteiger charge is 2.89. The summed E-state index contributed by atoms with van der Waals surface area (Å²) in [6.45, 7) is 15.8. The molecular formula is C30H50O7. The van der Waals surface area contributed by atoms with Gasteiger partial charge >= 0.3 is 0 Å². The lowest BCUT2D eigenvalue weighted by Crippen LogP contribution is -2.91. The fourth-order valence-electron chi connectivity index (χ4n) is 10.6. The van der Waals surface area contributed by atoms with Crippen LogP contribution in [0.4, 0.5) is 0 Å². The predicted molar refractivity (Wildman–Crippen MR) is 138 cm³/mol. The van der Waals surface area contributed by atoms with Crippen LogP contribution in [0.1, 0.15) is 107 Å². The van der Waals surface area contributed by atoms with Crippen molar-refractivity contribution in [2.45, 2.75) is 130 Å². The van der Waals surface area contributed by atoms with Crippen molar-refractivity contribution in [1.29, 1.82) is 0 Å². The molecule has 5 aliphatic rings. The summed E-state index contributed by atoms with van der Waals surface area (Å²) in [5.74, 6) is -10.6. The minimum atomic E-state index is -3.70. The fraction of sp³-hybridized carbons (Fsp3) is 0.933. The largest absolute Gasteiger partial charge is 0.388 e. The van der Waals surface area contributed by atoms with Crippen molar-refractivity contribution in [2.24, 2.45) is 44.3 Å². The van der Waals surface area contributed by atoms with Crippen LogP contribution in [0.2, 0.25) is 0 Å². The van der Waals surface area contributed by atoms with Gasteiger partial charge in [0.25, 0.3) is 5.79 Å². The second-order valence-corrected chi connectivity index (χ2v) is 16.0. The van der Waals surface area contributed by atoms with E-state index in [0.717, 1.165) is 19.3 Å². The Morgan fingerprint density at radius 3 is 1.81 bits per heavy atom. The molecule has 7 heteroatoms. The Hall–Kier alpha value is -0.540. The maximum atomic E-state index is 12.3. The minimum absolute atomic E-state index is 0.0710. The molecule has 0 spiro atoms. The van der Waals surface area contributed by atoms with Crippen LogP contribution in [0.15, 0.2) is 11.6 Å². The van der Waals surface area contributed by atoms with E-state index in [9.17, 15) is 35.7 Å². The molecule has 0 aromatic heterocycles. The number of hydrogen-bond donors (Lipinski definition) is 7. The molecule has 4 saturated carbocycles. The molecule has 37 heavy (non-hydrogen) atoms. The Bertz CT molecular complexity index is 1040. The quantitative estimate of drug-likeness (QED) is 0.191. The first-order valence-electron chi connectivity index (χ1n) is 14.2. The molecule has 0 saturated heterocycles. The fourth-order valence-corrected chi connectivity index (χ4v) is 10.6. The van der Waals surface area contributed by atoms with E-state index in [-0.39, 0.29) is 22.7 Å². The summed E-state index contributed by atoms with van der Waals surface area (Å²) in [7, 11) is 0. The molecule has 7 atom stereocenters. The number of hydrogen-bond acceptors (Lipinski definition) is 7. The van der Waals surface area contributed by atoms with Crippen molar-refractivity contribution in [3.05, 3.63) is 11.6 Å². The molecule has 0 radical (unpaired) electrons. The molecule has 5 rings (SSSR count). The van der Waals surface area contributed by atoms with Gasteiger partial charge in [-0.05, 0) is 84.9 Å². The van der Waals surface area contributed by atoms with Crippen molar-refractivity contribution in [3.8, 4) is 0 Å². The van der Waals surface area contributed by atoms with Crippen molar-refractivity contribution in [2.75, 3.05) is 0 Å². The predicted octanol–water partition coefficient (Wildman–Crippen LogP) is 3.19. The Morgan fingerprint density at radius 2 is 1.22 bits per heavy atom. The van der Waals surface area contributed by atoms with E-state index in [2.05, 4.69) is 40.7 Å². The van der Waals surface area contributed by atoms with Crippen LogP contribution in [0.25, 0.3) is 0 Å². The van der Waals surface area contributed by atoms with Gasteiger partial charge in [-0.25, -0.2) is 0 Å². The Balaban J connectivity index is 1.71. The van der Waals surface area contributed by atoms with Crippen LogP contribution in [0, 0.1) is 44.3 Å². The summed E-state index contributed by atoms with van der Waals surface area (Å²) in [5.41, 5.74) is -4.64. The van der Waals surface area contributed by atoms with Crippen LogP contribution in [-0.4, -0.2) is 58.7 Å². The maximum Gasteiger partial charge on any atom is 0.275 e. The van der Waals surface area contributed by atoms with Gasteiger partial charge in [0.1, 0.15) is 0 Å². The molecule has 7 N–H and O–H groups in total. The molecule has 4 fully saturated rings. The number of allylic oxidation sites excluding steroid dienone is 2. The molecule has 0 bridgehead atoms. The first-order valence-corrected chi connectivity index (χ1v) is 14.2. The highest BCUT2D eigenvalue weighted by Crippen LogP contribution is 2.79. The lowest BCUT2D eigenvalue weighted by atomic mass is 9.30. The number of rotatable bonds is 0. The summed E-state index contributed by atoms with van der Waals surface area (Å²) in [5, 5.41) is 79.4. The van der Waals surface area contributed by atoms with Gasteiger partial charge < -0.3 is 35.7 Å². The summed E-state index contributed by atoms with van der Waals surface area (Å²) in [6, 6.07) is 0. The van der Waals surface area contributed by atoms with Crippen molar-refractivity contribution in [3.63, 3.8) is 0 Å². The third-order valence-electron chi connectivity index (χ3n) is 13.9. The van der Waals surface area contributed by atoms with Gasteiger partial charge in [-0.3, -0.25) is 0 Å². The van der Waals surface area contributed by atoms with Crippen molar-refractivity contribution >= 4 is 0 Å². The van der Waals surface area contributed by atoms with Gasteiger partial charge in [-0.2, -0.15) is 0 Å². The average Bonchev–Trinajstić information content (AvgIpc) is 2.77. The second kappa shape index (κ2) is 7.02. The van der Waals surface area contributed by atoms with Crippen LogP contribution in [0.3, 0.4) is 0 Å². The number of aliphatic hydroxyl groups is 7. The van der Waals surface area contributed by atoms with Gasteiger partial charge in [0, 0.05) is 0 Å². The molecule has 0 aromatic rings. The highest BCUT2D eigenvalue weighted by molar-refractivity contribution is 5.37. The van der Waals surface area contributed by atoms with Gasteiger partial charge in [-0.1, -0.05) is 67.0 Å².